The fourth-order valence-electron chi connectivity index (χ4n) is 3.54. The Labute approximate surface area is 138 Å². The van der Waals surface area contributed by atoms with Gasteiger partial charge in [0.05, 0.1) is 6.10 Å². The van der Waals surface area contributed by atoms with Gasteiger partial charge in [0.15, 0.2) is 0 Å². The summed E-state index contributed by atoms with van der Waals surface area (Å²) in [6.07, 6.45) is 5.94. The zero-order valence-corrected chi connectivity index (χ0v) is 13.0. The van der Waals surface area contributed by atoms with Gasteiger partial charge in [-0.1, -0.05) is 0 Å². The van der Waals surface area contributed by atoms with Crippen LogP contribution in [-0.2, 0) is 4.74 Å². The number of likely N-dealkylation sites (tertiary alicyclic amines) is 1. The molecular formula is C16H17N5O3. The van der Waals surface area contributed by atoms with Crippen LogP contribution in [0.15, 0.2) is 23.0 Å². The first kappa shape index (κ1) is 14.0. The summed E-state index contributed by atoms with van der Waals surface area (Å²) in [6.45, 7) is 1.25. The van der Waals surface area contributed by atoms with Gasteiger partial charge >= 0.3 is 0 Å². The van der Waals surface area contributed by atoms with Crippen LogP contribution in [0.1, 0.15) is 53.6 Å². The molecule has 5 rings (SSSR count). The number of aromatic nitrogens is 4. The molecule has 8 nitrogen and oxygen atoms in total. The molecule has 2 aliphatic heterocycles. The lowest BCUT2D eigenvalue weighted by molar-refractivity contribution is 0.0221. The molecule has 2 aromatic rings. The number of rotatable bonds is 3. The Morgan fingerprint density at radius 3 is 2.83 bits per heavy atom. The first-order valence-electron chi connectivity index (χ1n) is 8.32. The Balaban J connectivity index is 1.24. The first-order valence-corrected chi connectivity index (χ1v) is 8.32. The Bertz CT molecular complexity index is 746. The van der Waals surface area contributed by atoms with E-state index in [0.717, 1.165) is 25.2 Å². The summed E-state index contributed by atoms with van der Waals surface area (Å²) in [5.41, 5.74) is 0.424. The predicted octanol–water partition coefficient (Wildman–Crippen LogP) is 1.34. The third-order valence-electron chi connectivity index (χ3n) is 4.98. The van der Waals surface area contributed by atoms with E-state index in [1.165, 1.54) is 6.33 Å². The van der Waals surface area contributed by atoms with Crippen LogP contribution in [-0.4, -0.2) is 50.2 Å². The van der Waals surface area contributed by atoms with E-state index in [0.29, 0.717) is 36.5 Å². The van der Waals surface area contributed by atoms with Crippen LogP contribution in [0.2, 0.25) is 0 Å². The zero-order valence-electron chi connectivity index (χ0n) is 13.0. The van der Waals surface area contributed by atoms with Crippen molar-refractivity contribution < 1.29 is 13.9 Å². The summed E-state index contributed by atoms with van der Waals surface area (Å²) >= 11 is 0. The van der Waals surface area contributed by atoms with E-state index in [9.17, 15) is 4.79 Å². The van der Waals surface area contributed by atoms with Gasteiger partial charge in [-0.05, 0) is 25.3 Å². The van der Waals surface area contributed by atoms with Crippen molar-refractivity contribution in [1.82, 2.24) is 25.1 Å². The average Bonchev–Trinajstić information content (AvgIpc) is 3.04. The average molecular weight is 327 g/mol. The summed E-state index contributed by atoms with van der Waals surface area (Å²) < 4.78 is 11.8. The Morgan fingerprint density at radius 2 is 2.08 bits per heavy atom. The SMILES string of the molecule is O=C(c1ccncn1)N1C[C@@H]2C[C@@H](c3nnc(C4CC4)o3)O[C@@H]2C1. The lowest BCUT2D eigenvalue weighted by Gasteiger charge is -2.17. The quantitative estimate of drug-likeness (QED) is 0.839. The van der Waals surface area contributed by atoms with Crippen molar-refractivity contribution in [1.29, 1.82) is 0 Å². The number of fused-ring (bicyclic) bond motifs is 1. The van der Waals surface area contributed by atoms with Crippen LogP contribution in [0, 0.1) is 5.92 Å². The van der Waals surface area contributed by atoms with Crippen LogP contribution in [0.25, 0.3) is 0 Å². The number of amides is 1. The molecule has 0 bridgehead atoms. The van der Waals surface area contributed by atoms with Gasteiger partial charge in [0, 0.05) is 31.1 Å². The minimum Gasteiger partial charge on any atom is -0.422 e. The normalized spacial score (nSPS) is 29.0. The van der Waals surface area contributed by atoms with E-state index in [1.807, 2.05) is 0 Å². The molecule has 3 aliphatic rings. The summed E-state index contributed by atoms with van der Waals surface area (Å²) in [4.78, 5) is 22.1. The summed E-state index contributed by atoms with van der Waals surface area (Å²) in [6, 6.07) is 1.64. The van der Waals surface area contributed by atoms with Crippen molar-refractivity contribution in [2.75, 3.05) is 13.1 Å². The molecule has 2 aromatic heterocycles. The molecule has 2 saturated heterocycles. The van der Waals surface area contributed by atoms with Crippen molar-refractivity contribution in [3.63, 3.8) is 0 Å². The van der Waals surface area contributed by atoms with Crippen LogP contribution in [0.4, 0.5) is 0 Å². The lowest BCUT2D eigenvalue weighted by Crippen LogP contribution is -2.31. The van der Waals surface area contributed by atoms with Crippen LogP contribution in [0.3, 0.4) is 0 Å². The zero-order chi connectivity index (χ0) is 16.1. The van der Waals surface area contributed by atoms with E-state index in [4.69, 9.17) is 9.15 Å². The molecule has 0 spiro atoms. The molecule has 1 saturated carbocycles. The van der Waals surface area contributed by atoms with Gasteiger partial charge in [-0.3, -0.25) is 4.79 Å². The predicted molar refractivity (Wildman–Crippen MR) is 79.9 cm³/mol. The molecule has 0 unspecified atom stereocenters. The highest BCUT2D eigenvalue weighted by molar-refractivity contribution is 5.92. The second-order valence-electron chi connectivity index (χ2n) is 6.72. The van der Waals surface area contributed by atoms with Crippen molar-refractivity contribution in [2.24, 2.45) is 5.92 Å². The van der Waals surface area contributed by atoms with Gasteiger partial charge in [0.25, 0.3) is 5.91 Å². The minimum absolute atomic E-state index is 0.0251. The Kier molecular flexibility index (Phi) is 3.12. The molecule has 8 heteroatoms. The van der Waals surface area contributed by atoms with E-state index in [1.54, 1.807) is 17.2 Å². The van der Waals surface area contributed by atoms with E-state index >= 15 is 0 Å². The van der Waals surface area contributed by atoms with E-state index in [-0.39, 0.29) is 18.1 Å². The monoisotopic (exact) mass is 327 g/mol. The second-order valence-corrected chi connectivity index (χ2v) is 6.72. The fraction of sp³-hybridized carbons (Fsp3) is 0.562. The van der Waals surface area contributed by atoms with Gasteiger partial charge in [0.2, 0.25) is 11.8 Å². The van der Waals surface area contributed by atoms with Gasteiger partial charge in [-0.25, -0.2) is 9.97 Å². The molecule has 124 valence electrons. The van der Waals surface area contributed by atoms with Crippen molar-refractivity contribution in [3.8, 4) is 0 Å². The van der Waals surface area contributed by atoms with Crippen molar-refractivity contribution in [2.45, 2.75) is 37.4 Å². The Morgan fingerprint density at radius 1 is 1.21 bits per heavy atom. The maximum absolute atomic E-state index is 12.5. The molecule has 0 aromatic carbocycles. The first-order chi connectivity index (χ1) is 11.8. The highest BCUT2D eigenvalue weighted by Crippen LogP contribution is 2.43. The molecule has 24 heavy (non-hydrogen) atoms. The summed E-state index contributed by atoms with van der Waals surface area (Å²) in [5.74, 6) is 2.01. The van der Waals surface area contributed by atoms with Gasteiger partial charge in [-0.15, -0.1) is 10.2 Å². The fourth-order valence-corrected chi connectivity index (χ4v) is 3.54. The molecule has 4 heterocycles. The lowest BCUT2D eigenvalue weighted by atomic mass is 10.0. The molecule has 0 N–H and O–H groups in total. The summed E-state index contributed by atoms with van der Waals surface area (Å²) in [5, 5.41) is 8.27. The van der Waals surface area contributed by atoms with E-state index in [2.05, 4.69) is 20.2 Å². The number of carbonyl (C=O) groups excluding carboxylic acids is 1. The molecule has 3 atom stereocenters. The molecule has 1 amide bonds. The van der Waals surface area contributed by atoms with Crippen molar-refractivity contribution >= 4 is 5.91 Å². The molecule has 1 aliphatic carbocycles. The third-order valence-corrected chi connectivity index (χ3v) is 4.98. The van der Waals surface area contributed by atoms with Crippen LogP contribution in [0.5, 0.6) is 0 Å². The van der Waals surface area contributed by atoms with Gasteiger partial charge in [0.1, 0.15) is 18.1 Å². The van der Waals surface area contributed by atoms with E-state index < -0.39 is 0 Å². The number of nitrogens with zero attached hydrogens (tertiary/aromatic N) is 5. The number of carbonyl (C=O) groups is 1. The highest BCUT2D eigenvalue weighted by atomic mass is 16.5. The largest absolute Gasteiger partial charge is 0.422 e. The molecule has 3 fully saturated rings. The topological polar surface area (TPSA) is 94.2 Å². The Hall–Kier alpha value is -2.35. The molecule has 0 radical (unpaired) electrons. The number of hydrogen-bond acceptors (Lipinski definition) is 7. The smallest absolute Gasteiger partial charge is 0.272 e. The van der Waals surface area contributed by atoms with Gasteiger partial charge < -0.3 is 14.1 Å². The van der Waals surface area contributed by atoms with Gasteiger partial charge in [-0.2, -0.15) is 0 Å². The highest BCUT2D eigenvalue weighted by Gasteiger charge is 2.46. The standard InChI is InChI=1S/C16H17N5O3/c22-16(11-3-4-17-8-18-11)21-6-10-5-12(23-13(10)7-21)15-20-19-14(24-15)9-1-2-9/h3-4,8-10,12-13H,1-2,5-7H2/t10-,12-,13+/m0/s1. The maximum atomic E-state index is 12.5. The van der Waals surface area contributed by atoms with Crippen molar-refractivity contribution in [3.05, 3.63) is 36.1 Å². The molecular weight excluding hydrogens is 310 g/mol. The minimum atomic E-state index is -0.142. The number of ether oxygens (including phenoxy) is 1. The van der Waals surface area contributed by atoms with Crippen LogP contribution < -0.4 is 0 Å². The second kappa shape index (κ2) is 5.34. The summed E-state index contributed by atoms with van der Waals surface area (Å²) in [7, 11) is 0. The number of hydrogen-bond donors (Lipinski definition) is 0. The maximum Gasteiger partial charge on any atom is 0.272 e. The third kappa shape index (κ3) is 2.37. The van der Waals surface area contributed by atoms with Crippen LogP contribution >= 0.6 is 0 Å².